The highest BCUT2D eigenvalue weighted by Crippen LogP contribution is 2.24. The molecule has 0 unspecified atom stereocenters. The number of aromatic carboxylic acids is 1. The first-order valence-electron chi connectivity index (χ1n) is 6.09. The van der Waals surface area contributed by atoms with Gasteiger partial charge in [0, 0.05) is 12.3 Å². The Morgan fingerprint density at radius 1 is 1.39 bits per heavy atom. The number of aromatic hydroxyl groups is 1. The van der Waals surface area contributed by atoms with Crippen molar-refractivity contribution in [3.8, 4) is 5.75 Å². The van der Waals surface area contributed by atoms with E-state index in [4.69, 9.17) is 5.11 Å². The molecule has 0 amide bonds. The van der Waals surface area contributed by atoms with Gasteiger partial charge in [-0.25, -0.2) is 22.0 Å². The number of nitrogens with one attached hydrogen (secondary N) is 1. The number of phenols is 1. The normalized spacial score (nSPS) is 11.6. The maximum Gasteiger partial charge on any atom is 0.339 e. The number of carbonyl (C=O) groups is 1. The third-order valence-corrected chi connectivity index (χ3v) is 4.06. The van der Waals surface area contributed by atoms with Gasteiger partial charge in [0.1, 0.15) is 22.8 Å². The largest absolute Gasteiger partial charge is 0.507 e. The zero-order chi connectivity index (χ0) is 17.2. The summed E-state index contributed by atoms with van der Waals surface area (Å²) < 4.78 is 51.5. The number of alkyl halides is 2. The van der Waals surface area contributed by atoms with Gasteiger partial charge in [0.2, 0.25) is 0 Å². The van der Waals surface area contributed by atoms with Crippen LogP contribution in [0, 0.1) is 0 Å². The summed E-state index contributed by atoms with van der Waals surface area (Å²) in [4.78, 5) is 10.4. The summed E-state index contributed by atoms with van der Waals surface area (Å²) in [6.45, 7) is -0.746. The van der Waals surface area contributed by atoms with Crippen LogP contribution in [0.5, 0.6) is 5.75 Å². The number of sulfonamides is 1. The summed E-state index contributed by atoms with van der Waals surface area (Å²) in [6.07, 6.45) is -0.852. The van der Waals surface area contributed by atoms with Gasteiger partial charge in [0.15, 0.2) is 0 Å². The molecule has 8 nitrogen and oxygen atoms in total. The van der Waals surface area contributed by atoms with Crippen molar-refractivity contribution in [3.63, 3.8) is 0 Å². The maximum atomic E-state index is 12.2. The third kappa shape index (κ3) is 3.94. The van der Waals surface area contributed by atoms with E-state index >= 15 is 0 Å². The highest BCUT2D eigenvalue weighted by molar-refractivity contribution is 7.92. The van der Waals surface area contributed by atoms with Crippen molar-refractivity contribution in [2.75, 3.05) is 4.72 Å². The molecule has 0 radical (unpaired) electrons. The van der Waals surface area contributed by atoms with E-state index in [1.807, 2.05) is 0 Å². The lowest BCUT2D eigenvalue weighted by molar-refractivity contribution is 0.0693. The van der Waals surface area contributed by atoms with E-state index in [1.165, 1.54) is 0 Å². The summed E-state index contributed by atoms with van der Waals surface area (Å²) in [5, 5.41) is 21.8. The van der Waals surface area contributed by atoms with Gasteiger partial charge in [-0.05, 0) is 12.1 Å². The average Bonchev–Trinajstić information content (AvgIpc) is 2.86. The fourth-order valence-electron chi connectivity index (χ4n) is 1.71. The molecule has 0 aliphatic rings. The Balaban J connectivity index is 2.23. The van der Waals surface area contributed by atoms with Crippen molar-refractivity contribution >= 4 is 21.7 Å². The molecule has 23 heavy (non-hydrogen) atoms. The van der Waals surface area contributed by atoms with Gasteiger partial charge in [0.25, 0.3) is 16.4 Å². The summed E-state index contributed by atoms with van der Waals surface area (Å²) >= 11 is 0. The molecule has 0 atom stereocenters. The highest BCUT2D eigenvalue weighted by atomic mass is 32.2. The Morgan fingerprint density at radius 3 is 2.65 bits per heavy atom. The number of carboxylic acid groups (broad SMARTS) is 1. The number of aromatic nitrogens is 2. The van der Waals surface area contributed by atoms with Crippen molar-refractivity contribution in [1.82, 2.24) is 9.78 Å². The molecular formula is C12H11F2N3O5S. The molecule has 124 valence electrons. The molecule has 0 aliphatic heterocycles. The topological polar surface area (TPSA) is 122 Å². The number of nitrogens with zero attached hydrogens (tertiary/aromatic N) is 2. The highest BCUT2D eigenvalue weighted by Gasteiger charge is 2.19. The van der Waals surface area contributed by atoms with Crippen LogP contribution in [0.15, 0.2) is 35.5 Å². The van der Waals surface area contributed by atoms with Crippen molar-refractivity contribution in [1.29, 1.82) is 0 Å². The molecule has 0 fully saturated rings. The van der Waals surface area contributed by atoms with Crippen LogP contribution in [-0.4, -0.2) is 40.8 Å². The number of benzene rings is 1. The number of hydrogen-bond donors (Lipinski definition) is 3. The van der Waals surface area contributed by atoms with Crippen LogP contribution in [0.2, 0.25) is 0 Å². The Hall–Kier alpha value is -2.69. The summed E-state index contributed by atoms with van der Waals surface area (Å²) in [6, 6.07) is 3.09. The van der Waals surface area contributed by atoms with Crippen LogP contribution in [0.1, 0.15) is 10.4 Å². The first kappa shape index (κ1) is 16.7. The van der Waals surface area contributed by atoms with E-state index < -0.39 is 40.3 Å². The van der Waals surface area contributed by atoms with Crippen molar-refractivity contribution in [2.24, 2.45) is 0 Å². The molecule has 0 saturated heterocycles. The molecule has 2 aromatic rings. The molecular weight excluding hydrogens is 336 g/mol. The van der Waals surface area contributed by atoms with Crippen LogP contribution in [0.4, 0.5) is 14.5 Å². The van der Waals surface area contributed by atoms with E-state index in [-0.39, 0.29) is 10.6 Å². The van der Waals surface area contributed by atoms with E-state index in [1.54, 1.807) is 0 Å². The Labute approximate surface area is 129 Å². The zero-order valence-corrected chi connectivity index (χ0v) is 12.2. The standard InChI is InChI=1S/C12H11F2N3O5S/c13-11(14)6-17-5-8(4-15-17)23(21,22)16-7-1-2-9(12(19)20)10(18)3-7/h1-5,11,16,18H,6H2,(H,19,20). The van der Waals surface area contributed by atoms with E-state index in [2.05, 4.69) is 9.82 Å². The molecule has 1 aromatic carbocycles. The lowest BCUT2D eigenvalue weighted by atomic mass is 10.2. The zero-order valence-electron chi connectivity index (χ0n) is 11.3. The molecule has 11 heteroatoms. The first-order chi connectivity index (χ1) is 10.7. The molecule has 0 spiro atoms. The smallest absolute Gasteiger partial charge is 0.339 e. The lowest BCUT2D eigenvalue weighted by Gasteiger charge is -2.07. The Morgan fingerprint density at radius 2 is 2.09 bits per heavy atom. The van der Waals surface area contributed by atoms with Crippen LogP contribution in [-0.2, 0) is 16.6 Å². The predicted octanol–water partition coefficient (Wildman–Crippen LogP) is 1.35. The predicted molar refractivity (Wildman–Crippen MR) is 74.1 cm³/mol. The summed E-state index contributed by atoms with van der Waals surface area (Å²) in [5.74, 6) is -1.99. The van der Waals surface area contributed by atoms with Gasteiger partial charge in [-0.3, -0.25) is 9.40 Å². The van der Waals surface area contributed by atoms with Crippen LogP contribution < -0.4 is 4.72 Å². The SMILES string of the molecule is O=C(O)c1ccc(NS(=O)(=O)c2cnn(CC(F)F)c2)cc1O. The second-order valence-corrected chi connectivity index (χ2v) is 6.11. The average molecular weight is 347 g/mol. The molecule has 1 aromatic heterocycles. The second kappa shape index (κ2) is 6.20. The van der Waals surface area contributed by atoms with Gasteiger partial charge in [-0.2, -0.15) is 5.10 Å². The third-order valence-electron chi connectivity index (χ3n) is 2.73. The van der Waals surface area contributed by atoms with E-state index in [0.717, 1.165) is 35.3 Å². The summed E-state index contributed by atoms with van der Waals surface area (Å²) in [5.41, 5.74) is -0.480. The molecule has 0 bridgehead atoms. The van der Waals surface area contributed by atoms with E-state index in [9.17, 15) is 27.1 Å². The monoisotopic (exact) mass is 347 g/mol. The van der Waals surface area contributed by atoms with Gasteiger partial charge < -0.3 is 10.2 Å². The fraction of sp³-hybridized carbons (Fsp3) is 0.167. The lowest BCUT2D eigenvalue weighted by Crippen LogP contribution is -2.13. The second-order valence-electron chi connectivity index (χ2n) is 4.43. The van der Waals surface area contributed by atoms with Gasteiger partial charge >= 0.3 is 5.97 Å². The van der Waals surface area contributed by atoms with Crippen molar-refractivity contribution in [3.05, 3.63) is 36.2 Å². The fourth-order valence-corrected chi connectivity index (χ4v) is 2.72. The number of halogens is 2. The minimum atomic E-state index is -4.11. The molecule has 0 aliphatic carbocycles. The summed E-state index contributed by atoms with van der Waals surface area (Å²) in [7, 11) is -4.11. The number of rotatable bonds is 6. The van der Waals surface area contributed by atoms with Crippen LogP contribution in [0.3, 0.4) is 0 Å². The minimum Gasteiger partial charge on any atom is -0.507 e. The van der Waals surface area contributed by atoms with E-state index in [0.29, 0.717) is 0 Å². The van der Waals surface area contributed by atoms with Gasteiger partial charge in [-0.15, -0.1) is 0 Å². The number of carboxylic acids is 1. The van der Waals surface area contributed by atoms with Crippen LogP contribution in [0.25, 0.3) is 0 Å². The quantitative estimate of drug-likeness (QED) is 0.725. The van der Waals surface area contributed by atoms with Gasteiger partial charge in [0.05, 0.1) is 11.9 Å². The Kier molecular flexibility index (Phi) is 4.50. The Bertz CT molecular complexity index is 835. The van der Waals surface area contributed by atoms with Crippen molar-refractivity contribution in [2.45, 2.75) is 17.9 Å². The molecule has 1 heterocycles. The molecule has 0 saturated carbocycles. The number of hydrogen-bond acceptors (Lipinski definition) is 5. The number of anilines is 1. The van der Waals surface area contributed by atoms with Crippen LogP contribution >= 0.6 is 0 Å². The first-order valence-corrected chi connectivity index (χ1v) is 7.57. The van der Waals surface area contributed by atoms with Gasteiger partial charge in [-0.1, -0.05) is 0 Å². The minimum absolute atomic E-state index is 0.0888. The molecule has 2 rings (SSSR count). The maximum absolute atomic E-state index is 12.2. The van der Waals surface area contributed by atoms with Crippen molar-refractivity contribution < 1.29 is 32.2 Å². The molecule has 3 N–H and O–H groups in total.